The molecule has 1 aromatic rings. The van der Waals surface area contributed by atoms with Crippen molar-refractivity contribution in [3.63, 3.8) is 0 Å². The molecule has 4 nitrogen and oxygen atoms in total. The van der Waals surface area contributed by atoms with Crippen LogP contribution in [0.1, 0.15) is 23.2 Å². The highest BCUT2D eigenvalue weighted by Gasteiger charge is 2.21. The number of carbonyl (C=O) groups is 2. The third kappa shape index (κ3) is 3.42. The van der Waals surface area contributed by atoms with Crippen molar-refractivity contribution in [2.24, 2.45) is 0 Å². The lowest BCUT2D eigenvalue weighted by Gasteiger charge is -2.11. The van der Waals surface area contributed by atoms with Crippen molar-refractivity contribution >= 4 is 34.4 Å². The SMILES string of the molecule is O=C1CCC(CNC(=O)c2cccc(I)c2)N1. The molecule has 2 amide bonds. The first-order chi connectivity index (χ1) is 8.15. The highest BCUT2D eigenvalue weighted by Crippen LogP contribution is 2.08. The minimum absolute atomic E-state index is 0.0681. The summed E-state index contributed by atoms with van der Waals surface area (Å²) in [4.78, 5) is 22.8. The molecule has 90 valence electrons. The fraction of sp³-hybridized carbons (Fsp3) is 0.333. The van der Waals surface area contributed by atoms with E-state index in [1.165, 1.54) is 0 Å². The molecule has 1 aliphatic rings. The van der Waals surface area contributed by atoms with Crippen LogP contribution in [0.25, 0.3) is 0 Å². The molecule has 2 rings (SSSR count). The van der Waals surface area contributed by atoms with Crippen LogP contribution in [0.5, 0.6) is 0 Å². The van der Waals surface area contributed by atoms with Gasteiger partial charge in [0.05, 0.1) is 0 Å². The molecule has 17 heavy (non-hydrogen) atoms. The second-order valence-corrected chi connectivity index (χ2v) is 5.27. The molecule has 1 unspecified atom stereocenters. The Hall–Kier alpha value is -1.11. The summed E-state index contributed by atoms with van der Waals surface area (Å²) in [5.41, 5.74) is 0.654. The van der Waals surface area contributed by atoms with Gasteiger partial charge in [-0.2, -0.15) is 0 Å². The first kappa shape index (κ1) is 12.3. The van der Waals surface area contributed by atoms with Crippen molar-refractivity contribution in [3.05, 3.63) is 33.4 Å². The summed E-state index contributed by atoms with van der Waals surface area (Å²) in [6.45, 7) is 0.496. The third-order valence-electron chi connectivity index (χ3n) is 2.68. The molecule has 0 spiro atoms. The molecule has 0 radical (unpaired) electrons. The lowest BCUT2D eigenvalue weighted by Crippen LogP contribution is -2.38. The van der Waals surface area contributed by atoms with Gasteiger partial charge in [0.1, 0.15) is 0 Å². The second-order valence-electron chi connectivity index (χ2n) is 4.02. The van der Waals surface area contributed by atoms with Gasteiger partial charge in [-0.3, -0.25) is 9.59 Å². The molecule has 5 heteroatoms. The van der Waals surface area contributed by atoms with Crippen LogP contribution in [0.15, 0.2) is 24.3 Å². The maximum Gasteiger partial charge on any atom is 0.251 e. The van der Waals surface area contributed by atoms with E-state index < -0.39 is 0 Å². The van der Waals surface area contributed by atoms with Gasteiger partial charge in [-0.25, -0.2) is 0 Å². The molecular weight excluding hydrogens is 331 g/mol. The van der Waals surface area contributed by atoms with Crippen LogP contribution in [0.3, 0.4) is 0 Å². The Bertz CT molecular complexity index is 448. The van der Waals surface area contributed by atoms with E-state index in [1.807, 2.05) is 18.2 Å². The predicted octanol–water partition coefficient (Wildman–Crippen LogP) is 1.30. The molecule has 2 N–H and O–H groups in total. The van der Waals surface area contributed by atoms with Gasteiger partial charge in [-0.15, -0.1) is 0 Å². The Morgan fingerprint density at radius 2 is 2.35 bits per heavy atom. The van der Waals surface area contributed by atoms with E-state index in [2.05, 4.69) is 33.2 Å². The van der Waals surface area contributed by atoms with Crippen LogP contribution in [-0.4, -0.2) is 24.4 Å². The smallest absolute Gasteiger partial charge is 0.251 e. The van der Waals surface area contributed by atoms with E-state index in [9.17, 15) is 9.59 Å². The lowest BCUT2D eigenvalue weighted by atomic mass is 10.2. The van der Waals surface area contributed by atoms with Crippen molar-refractivity contribution in [1.29, 1.82) is 0 Å². The van der Waals surface area contributed by atoms with E-state index in [-0.39, 0.29) is 17.9 Å². The van der Waals surface area contributed by atoms with Gasteiger partial charge in [0.25, 0.3) is 5.91 Å². The highest BCUT2D eigenvalue weighted by atomic mass is 127. The molecule has 1 heterocycles. The zero-order valence-electron chi connectivity index (χ0n) is 9.20. The Labute approximate surface area is 113 Å². The van der Waals surface area contributed by atoms with E-state index in [1.54, 1.807) is 6.07 Å². The molecular formula is C12H13IN2O2. The maximum atomic E-state index is 11.8. The fourth-order valence-corrected chi connectivity index (χ4v) is 2.32. The number of hydrogen-bond donors (Lipinski definition) is 2. The van der Waals surface area contributed by atoms with Gasteiger partial charge in [-0.1, -0.05) is 6.07 Å². The number of benzene rings is 1. The van der Waals surface area contributed by atoms with Gasteiger partial charge in [0.2, 0.25) is 5.91 Å². The van der Waals surface area contributed by atoms with Crippen LogP contribution in [0, 0.1) is 3.57 Å². The molecule has 1 aromatic carbocycles. The summed E-state index contributed by atoms with van der Waals surface area (Å²) in [6.07, 6.45) is 1.36. The van der Waals surface area contributed by atoms with Crippen molar-refractivity contribution < 1.29 is 9.59 Å². The van der Waals surface area contributed by atoms with Crippen molar-refractivity contribution in [3.8, 4) is 0 Å². The zero-order chi connectivity index (χ0) is 12.3. The van der Waals surface area contributed by atoms with Crippen molar-refractivity contribution in [2.45, 2.75) is 18.9 Å². The monoisotopic (exact) mass is 344 g/mol. The second kappa shape index (κ2) is 5.48. The average molecular weight is 344 g/mol. The number of hydrogen-bond acceptors (Lipinski definition) is 2. The average Bonchev–Trinajstić information content (AvgIpc) is 2.72. The normalized spacial score (nSPS) is 18.9. The fourth-order valence-electron chi connectivity index (χ4n) is 1.78. The summed E-state index contributed by atoms with van der Waals surface area (Å²) in [5, 5.41) is 5.65. The topological polar surface area (TPSA) is 58.2 Å². The van der Waals surface area contributed by atoms with Crippen LogP contribution >= 0.6 is 22.6 Å². The number of amides is 2. The van der Waals surface area contributed by atoms with Gasteiger partial charge in [0, 0.05) is 28.1 Å². The number of rotatable bonds is 3. The highest BCUT2D eigenvalue weighted by molar-refractivity contribution is 14.1. The van der Waals surface area contributed by atoms with Gasteiger partial charge >= 0.3 is 0 Å². The number of carbonyl (C=O) groups excluding carboxylic acids is 2. The molecule has 1 fully saturated rings. The molecule has 1 aliphatic heterocycles. The minimum Gasteiger partial charge on any atom is -0.352 e. The standard InChI is InChI=1S/C12H13IN2O2/c13-9-3-1-2-8(6-9)12(17)14-7-10-4-5-11(16)15-10/h1-3,6,10H,4-5,7H2,(H,14,17)(H,15,16). The summed E-state index contributed by atoms with van der Waals surface area (Å²) in [6, 6.07) is 7.49. The minimum atomic E-state index is -0.0929. The van der Waals surface area contributed by atoms with Crippen LogP contribution < -0.4 is 10.6 Å². The summed E-state index contributed by atoms with van der Waals surface area (Å²) >= 11 is 2.17. The molecule has 1 saturated heterocycles. The van der Waals surface area contributed by atoms with Crippen LogP contribution in [0.4, 0.5) is 0 Å². The maximum absolute atomic E-state index is 11.8. The quantitative estimate of drug-likeness (QED) is 0.813. The van der Waals surface area contributed by atoms with Crippen LogP contribution in [0.2, 0.25) is 0 Å². The van der Waals surface area contributed by atoms with E-state index in [0.717, 1.165) is 9.99 Å². The molecule has 0 aliphatic carbocycles. The lowest BCUT2D eigenvalue weighted by molar-refractivity contribution is -0.119. The van der Waals surface area contributed by atoms with E-state index >= 15 is 0 Å². The Balaban J connectivity index is 1.87. The molecule has 0 aromatic heterocycles. The molecule has 0 saturated carbocycles. The number of nitrogens with one attached hydrogen (secondary N) is 2. The van der Waals surface area contributed by atoms with E-state index in [4.69, 9.17) is 0 Å². The zero-order valence-corrected chi connectivity index (χ0v) is 11.4. The van der Waals surface area contributed by atoms with Crippen molar-refractivity contribution in [1.82, 2.24) is 10.6 Å². The molecule has 0 bridgehead atoms. The summed E-state index contributed by atoms with van der Waals surface area (Å²) in [5.74, 6) is -0.0248. The summed E-state index contributed by atoms with van der Waals surface area (Å²) in [7, 11) is 0. The Kier molecular flexibility index (Phi) is 3.98. The van der Waals surface area contributed by atoms with Crippen LogP contribution in [-0.2, 0) is 4.79 Å². The predicted molar refractivity (Wildman–Crippen MR) is 72.7 cm³/mol. The van der Waals surface area contributed by atoms with E-state index in [0.29, 0.717) is 18.5 Å². The van der Waals surface area contributed by atoms with Gasteiger partial charge in [0.15, 0.2) is 0 Å². The van der Waals surface area contributed by atoms with Gasteiger partial charge < -0.3 is 10.6 Å². The van der Waals surface area contributed by atoms with Gasteiger partial charge in [-0.05, 0) is 47.2 Å². The first-order valence-electron chi connectivity index (χ1n) is 5.48. The Morgan fingerprint density at radius 3 is 3.00 bits per heavy atom. The third-order valence-corrected chi connectivity index (χ3v) is 3.35. The summed E-state index contributed by atoms with van der Waals surface area (Å²) < 4.78 is 1.03. The largest absolute Gasteiger partial charge is 0.352 e. The first-order valence-corrected chi connectivity index (χ1v) is 6.56. The molecule has 1 atom stereocenters. The van der Waals surface area contributed by atoms with Crippen molar-refractivity contribution in [2.75, 3.05) is 6.54 Å². The number of halogens is 1. The Morgan fingerprint density at radius 1 is 1.53 bits per heavy atom.